The van der Waals surface area contributed by atoms with Crippen molar-refractivity contribution in [3.8, 4) is 0 Å². The summed E-state index contributed by atoms with van der Waals surface area (Å²) in [6.07, 6.45) is 0. The van der Waals surface area contributed by atoms with Crippen molar-refractivity contribution in [2.24, 2.45) is 0 Å². The molecule has 0 aliphatic carbocycles. The first-order valence-corrected chi connectivity index (χ1v) is 10.5. The second-order valence-corrected chi connectivity index (χ2v) is 9.08. The highest BCUT2D eigenvalue weighted by molar-refractivity contribution is 8.03. The number of fused-ring (bicyclic) bond motifs is 1. The monoisotopic (exact) mass is 380 g/mol. The number of thioether (sulfide) groups is 2. The summed E-state index contributed by atoms with van der Waals surface area (Å²) in [7, 11) is 0. The van der Waals surface area contributed by atoms with E-state index in [9.17, 15) is 0 Å². The van der Waals surface area contributed by atoms with Crippen molar-refractivity contribution in [2.75, 3.05) is 11.5 Å². The summed E-state index contributed by atoms with van der Waals surface area (Å²) in [5, 5.41) is 3.14. The molecule has 3 rings (SSSR count). The van der Waals surface area contributed by atoms with Crippen LogP contribution in [0.2, 0.25) is 5.02 Å². The number of thiophene rings is 1. The van der Waals surface area contributed by atoms with E-state index in [0.29, 0.717) is 0 Å². The lowest BCUT2D eigenvalue weighted by Crippen LogP contribution is -1.93. The molecular formula is C17H17ClN2S3. The standard InChI is InChI=1S/C17H17ClN2S3/c1-10-11(2)23-17-15(10)16(19-12(3)20-17)22-9-8-21-14-6-4-13(18)5-7-14/h4-7H,8-9H2,1-3H3. The maximum absolute atomic E-state index is 5.91. The lowest BCUT2D eigenvalue weighted by Gasteiger charge is -2.05. The SMILES string of the molecule is Cc1nc(SCCSc2ccc(Cl)cc2)c2c(C)c(C)sc2n1. The van der Waals surface area contributed by atoms with Crippen molar-refractivity contribution in [3.05, 3.63) is 45.6 Å². The topological polar surface area (TPSA) is 25.8 Å². The van der Waals surface area contributed by atoms with Crippen LogP contribution in [-0.4, -0.2) is 21.5 Å². The molecule has 3 aromatic rings. The van der Waals surface area contributed by atoms with Gasteiger partial charge in [-0.15, -0.1) is 34.9 Å². The molecule has 0 atom stereocenters. The number of rotatable bonds is 5. The molecule has 0 aliphatic rings. The Bertz CT molecular complexity index is 828. The number of aromatic nitrogens is 2. The average molecular weight is 381 g/mol. The number of hydrogen-bond donors (Lipinski definition) is 0. The highest BCUT2D eigenvalue weighted by Gasteiger charge is 2.13. The Balaban J connectivity index is 1.68. The fourth-order valence-corrected chi connectivity index (χ4v) is 5.53. The van der Waals surface area contributed by atoms with E-state index in [4.69, 9.17) is 11.6 Å². The van der Waals surface area contributed by atoms with Gasteiger partial charge in [0, 0.05) is 31.7 Å². The minimum Gasteiger partial charge on any atom is -0.226 e. The van der Waals surface area contributed by atoms with Gasteiger partial charge in [-0.25, -0.2) is 9.97 Å². The van der Waals surface area contributed by atoms with Gasteiger partial charge in [-0.2, -0.15) is 0 Å². The molecular weight excluding hydrogens is 364 g/mol. The summed E-state index contributed by atoms with van der Waals surface area (Å²) in [6.45, 7) is 6.29. The van der Waals surface area contributed by atoms with Crippen molar-refractivity contribution < 1.29 is 0 Å². The molecule has 0 fully saturated rings. The Hall–Kier alpha value is -0.750. The first kappa shape index (κ1) is 17.1. The van der Waals surface area contributed by atoms with Crippen LogP contribution in [0, 0.1) is 20.8 Å². The fraction of sp³-hybridized carbons (Fsp3) is 0.294. The van der Waals surface area contributed by atoms with Gasteiger partial charge < -0.3 is 0 Å². The van der Waals surface area contributed by atoms with Crippen molar-refractivity contribution in [1.29, 1.82) is 0 Å². The van der Waals surface area contributed by atoms with Crippen molar-refractivity contribution in [3.63, 3.8) is 0 Å². The summed E-state index contributed by atoms with van der Waals surface area (Å²) in [6, 6.07) is 8.01. The second-order valence-electron chi connectivity index (χ2n) is 5.19. The maximum Gasteiger partial charge on any atom is 0.128 e. The van der Waals surface area contributed by atoms with E-state index in [1.807, 2.05) is 42.6 Å². The molecule has 0 unspecified atom stereocenters. The maximum atomic E-state index is 5.91. The quantitative estimate of drug-likeness (QED) is 0.301. The molecule has 0 bridgehead atoms. The lowest BCUT2D eigenvalue weighted by atomic mass is 10.2. The third-order valence-electron chi connectivity index (χ3n) is 3.51. The molecule has 6 heteroatoms. The predicted octanol–water partition coefficient (Wildman–Crippen LogP) is 6.15. The number of hydrogen-bond acceptors (Lipinski definition) is 5. The van der Waals surface area contributed by atoms with Crippen molar-refractivity contribution in [2.45, 2.75) is 30.7 Å². The third-order valence-corrected chi connectivity index (χ3v) is 7.11. The van der Waals surface area contributed by atoms with Crippen LogP contribution in [0.5, 0.6) is 0 Å². The lowest BCUT2D eigenvalue weighted by molar-refractivity contribution is 1.01. The molecule has 0 spiro atoms. The zero-order valence-electron chi connectivity index (χ0n) is 13.2. The number of benzene rings is 1. The molecule has 23 heavy (non-hydrogen) atoms. The summed E-state index contributed by atoms with van der Waals surface area (Å²) < 4.78 is 0. The molecule has 2 nitrogen and oxygen atoms in total. The number of aryl methyl sites for hydroxylation is 3. The van der Waals surface area contributed by atoms with Gasteiger partial charge in [0.05, 0.1) is 0 Å². The largest absolute Gasteiger partial charge is 0.226 e. The van der Waals surface area contributed by atoms with Gasteiger partial charge in [-0.3, -0.25) is 0 Å². The van der Waals surface area contributed by atoms with Gasteiger partial charge in [0.2, 0.25) is 0 Å². The molecule has 1 aromatic carbocycles. The molecule has 0 amide bonds. The van der Waals surface area contributed by atoms with Crippen LogP contribution in [0.25, 0.3) is 10.2 Å². The van der Waals surface area contributed by atoms with Gasteiger partial charge in [0.25, 0.3) is 0 Å². The smallest absolute Gasteiger partial charge is 0.128 e. The van der Waals surface area contributed by atoms with E-state index >= 15 is 0 Å². The zero-order chi connectivity index (χ0) is 16.4. The van der Waals surface area contributed by atoms with Crippen molar-refractivity contribution >= 4 is 56.7 Å². The Morgan fingerprint density at radius 2 is 1.70 bits per heavy atom. The van der Waals surface area contributed by atoms with Gasteiger partial charge >= 0.3 is 0 Å². The summed E-state index contributed by atoms with van der Waals surface area (Å²) in [4.78, 5) is 12.9. The molecule has 2 aromatic heterocycles. The van der Waals surface area contributed by atoms with Crippen molar-refractivity contribution in [1.82, 2.24) is 9.97 Å². The Kier molecular flexibility index (Phi) is 5.52. The highest BCUT2D eigenvalue weighted by atomic mass is 35.5. The number of nitrogens with zero attached hydrogens (tertiary/aromatic N) is 2. The molecule has 0 saturated carbocycles. The molecule has 0 saturated heterocycles. The Morgan fingerprint density at radius 1 is 1.00 bits per heavy atom. The first-order valence-electron chi connectivity index (χ1n) is 7.30. The minimum absolute atomic E-state index is 0.783. The van der Waals surface area contributed by atoms with Crippen LogP contribution < -0.4 is 0 Å². The van der Waals surface area contributed by atoms with Gasteiger partial charge in [-0.1, -0.05) is 11.6 Å². The third kappa shape index (κ3) is 4.02. The molecule has 0 N–H and O–H groups in total. The summed E-state index contributed by atoms with van der Waals surface area (Å²) >= 11 is 11.3. The molecule has 120 valence electrons. The van der Waals surface area contributed by atoms with Crippen LogP contribution in [0.4, 0.5) is 0 Å². The van der Waals surface area contributed by atoms with Crippen LogP contribution in [0.3, 0.4) is 0 Å². The van der Waals surface area contributed by atoms with Crippen LogP contribution in [-0.2, 0) is 0 Å². The van der Waals surface area contributed by atoms with Crippen LogP contribution in [0.15, 0.2) is 34.2 Å². The predicted molar refractivity (Wildman–Crippen MR) is 105 cm³/mol. The van der Waals surface area contributed by atoms with Gasteiger partial charge in [0.15, 0.2) is 0 Å². The molecule has 0 aliphatic heterocycles. The molecule has 2 heterocycles. The highest BCUT2D eigenvalue weighted by Crippen LogP contribution is 2.35. The summed E-state index contributed by atoms with van der Waals surface area (Å²) in [5.41, 5.74) is 1.32. The van der Waals surface area contributed by atoms with Crippen LogP contribution in [0.1, 0.15) is 16.3 Å². The van der Waals surface area contributed by atoms with Gasteiger partial charge in [0.1, 0.15) is 15.7 Å². The van der Waals surface area contributed by atoms with E-state index in [2.05, 4.69) is 35.9 Å². The molecule has 0 radical (unpaired) electrons. The summed E-state index contributed by atoms with van der Waals surface area (Å²) in [5.74, 6) is 2.92. The van der Waals surface area contributed by atoms with E-state index in [1.165, 1.54) is 20.7 Å². The Morgan fingerprint density at radius 3 is 2.43 bits per heavy atom. The van der Waals surface area contributed by atoms with E-state index in [-0.39, 0.29) is 0 Å². The Labute approximate surface area is 154 Å². The second kappa shape index (κ2) is 7.43. The average Bonchev–Trinajstić information content (AvgIpc) is 2.80. The van der Waals surface area contributed by atoms with E-state index < -0.39 is 0 Å². The normalized spacial score (nSPS) is 11.3. The minimum atomic E-state index is 0.783. The van der Waals surface area contributed by atoms with E-state index in [1.54, 1.807) is 11.3 Å². The first-order chi connectivity index (χ1) is 11.0. The fourth-order valence-electron chi connectivity index (χ4n) is 2.25. The van der Waals surface area contributed by atoms with E-state index in [0.717, 1.165) is 32.2 Å². The van der Waals surface area contributed by atoms with Gasteiger partial charge in [-0.05, 0) is 50.6 Å². The number of halogens is 1. The van der Waals surface area contributed by atoms with Crippen LogP contribution >= 0.6 is 46.5 Å². The zero-order valence-corrected chi connectivity index (χ0v) is 16.4.